The van der Waals surface area contributed by atoms with Crippen LogP contribution in [0.4, 0.5) is 15.3 Å². The molecule has 0 aliphatic heterocycles. The standard InChI is InChI=1S/C18H18Cl2N2O4/c1-11-4-3-5-14(8-11)26-17(23)21-10-12(2)25-18(24)22-13-6-7-15(19)16(20)9-13/h3-9,12H,10H2,1-2H3,(H,21,23)(H,22,24)/t12-/m1/s1. The Hall–Kier alpha value is -2.44. The molecule has 0 heterocycles. The van der Waals surface area contributed by atoms with Crippen LogP contribution in [0.3, 0.4) is 0 Å². The number of aryl methyl sites for hydroxylation is 1. The molecule has 0 aliphatic carbocycles. The Labute approximate surface area is 161 Å². The van der Waals surface area contributed by atoms with Gasteiger partial charge in [-0.1, -0.05) is 35.3 Å². The number of ether oxygens (including phenoxy) is 2. The summed E-state index contributed by atoms with van der Waals surface area (Å²) in [6, 6.07) is 11.8. The van der Waals surface area contributed by atoms with E-state index in [-0.39, 0.29) is 6.54 Å². The third-order valence-electron chi connectivity index (χ3n) is 3.21. The van der Waals surface area contributed by atoms with Crippen LogP contribution in [0.1, 0.15) is 12.5 Å². The molecule has 0 aromatic heterocycles. The minimum Gasteiger partial charge on any atom is -0.444 e. The van der Waals surface area contributed by atoms with Gasteiger partial charge in [-0.15, -0.1) is 0 Å². The van der Waals surface area contributed by atoms with Gasteiger partial charge in [0.05, 0.1) is 16.6 Å². The van der Waals surface area contributed by atoms with Crippen molar-refractivity contribution in [3.8, 4) is 5.75 Å². The molecule has 6 nitrogen and oxygen atoms in total. The fourth-order valence-corrected chi connectivity index (χ4v) is 2.29. The van der Waals surface area contributed by atoms with E-state index in [9.17, 15) is 9.59 Å². The number of carbonyl (C=O) groups is 2. The Bertz CT molecular complexity index is 799. The first kappa shape index (κ1) is 19.9. The summed E-state index contributed by atoms with van der Waals surface area (Å²) in [5.74, 6) is 0.438. The molecule has 2 aromatic rings. The van der Waals surface area contributed by atoms with Crippen LogP contribution >= 0.6 is 23.2 Å². The van der Waals surface area contributed by atoms with E-state index in [0.717, 1.165) is 5.56 Å². The smallest absolute Gasteiger partial charge is 0.412 e. The number of nitrogens with one attached hydrogen (secondary N) is 2. The number of rotatable bonds is 5. The van der Waals surface area contributed by atoms with Gasteiger partial charge in [-0.05, 0) is 49.7 Å². The number of hydrogen-bond donors (Lipinski definition) is 2. The zero-order chi connectivity index (χ0) is 19.1. The van der Waals surface area contributed by atoms with E-state index >= 15 is 0 Å². The van der Waals surface area contributed by atoms with E-state index in [1.54, 1.807) is 37.3 Å². The quantitative estimate of drug-likeness (QED) is 0.742. The highest BCUT2D eigenvalue weighted by Gasteiger charge is 2.12. The Morgan fingerprint density at radius 1 is 1.08 bits per heavy atom. The molecule has 2 aromatic carbocycles. The fraction of sp³-hybridized carbons (Fsp3) is 0.222. The fourth-order valence-electron chi connectivity index (χ4n) is 1.99. The van der Waals surface area contributed by atoms with Crippen molar-refractivity contribution in [1.82, 2.24) is 5.32 Å². The van der Waals surface area contributed by atoms with Crippen LogP contribution < -0.4 is 15.4 Å². The highest BCUT2D eigenvalue weighted by Crippen LogP contribution is 2.25. The van der Waals surface area contributed by atoms with Crippen molar-refractivity contribution >= 4 is 41.1 Å². The SMILES string of the molecule is Cc1cccc(OC(=O)NC[C@@H](C)OC(=O)Nc2ccc(Cl)c(Cl)c2)c1. The molecule has 138 valence electrons. The Morgan fingerprint density at radius 2 is 1.85 bits per heavy atom. The molecular formula is C18H18Cl2N2O4. The molecule has 0 radical (unpaired) electrons. The van der Waals surface area contributed by atoms with Crippen LogP contribution in [-0.4, -0.2) is 24.8 Å². The maximum absolute atomic E-state index is 11.8. The summed E-state index contributed by atoms with van der Waals surface area (Å²) in [5.41, 5.74) is 1.43. The predicted octanol–water partition coefficient (Wildman–Crippen LogP) is 5.03. The van der Waals surface area contributed by atoms with E-state index < -0.39 is 18.3 Å². The molecule has 2 N–H and O–H groups in total. The lowest BCUT2D eigenvalue weighted by atomic mass is 10.2. The van der Waals surface area contributed by atoms with E-state index in [1.807, 2.05) is 13.0 Å². The van der Waals surface area contributed by atoms with Crippen LogP contribution in [0, 0.1) is 6.92 Å². The van der Waals surface area contributed by atoms with Crippen molar-refractivity contribution < 1.29 is 19.1 Å². The second kappa shape index (κ2) is 9.31. The first-order valence-electron chi connectivity index (χ1n) is 7.78. The number of carbonyl (C=O) groups excluding carboxylic acids is 2. The molecule has 1 atom stereocenters. The van der Waals surface area contributed by atoms with Gasteiger partial charge in [-0.2, -0.15) is 0 Å². The zero-order valence-electron chi connectivity index (χ0n) is 14.2. The summed E-state index contributed by atoms with van der Waals surface area (Å²) >= 11 is 11.7. The largest absolute Gasteiger partial charge is 0.444 e. The van der Waals surface area contributed by atoms with Crippen LogP contribution in [0.5, 0.6) is 5.75 Å². The minimum absolute atomic E-state index is 0.0967. The average molecular weight is 397 g/mol. The molecular weight excluding hydrogens is 379 g/mol. The second-order valence-electron chi connectivity index (χ2n) is 5.56. The number of halogens is 2. The van der Waals surface area contributed by atoms with Crippen LogP contribution in [0.25, 0.3) is 0 Å². The lowest BCUT2D eigenvalue weighted by molar-refractivity contribution is 0.118. The molecule has 0 unspecified atom stereocenters. The highest BCUT2D eigenvalue weighted by molar-refractivity contribution is 6.42. The molecule has 2 rings (SSSR count). The summed E-state index contributed by atoms with van der Waals surface area (Å²) in [6.45, 7) is 3.63. The van der Waals surface area contributed by atoms with Gasteiger partial charge in [-0.3, -0.25) is 5.32 Å². The molecule has 0 fully saturated rings. The molecule has 26 heavy (non-hydrogen) atoms. The van der Waals surface area contributed by atoms with Crippen molar-refractivity contribution in [2.24, 2.45) is 0 Å². The maximum Gasteiger partial charge on any atom is 0.412 e. The first-order chi connectivity index (χ1) is 12.3. The van der Waals surface area contributed by atoms with Gasteiger partial charge in [0.2, 0.25) is 0 Å². The predicted molar refractivity (Wildman–Crippen MR) is 101 cm³/mol. The molecule has 8 heteroatoms. The van der Waals surface area contributed by atoms with Gasteiger partial charge in [0.25, 0.3) is 0 Å². The third-order valence-corrected chi connectivity index (χ3v) is 3.95. The van der Waals surface area contributed by atoms with Crippen molar-refractivity contribution in [3.05, 3.63) is 58.1 Å². The normalized spacial score (nSPS) is 11.4. The molecule has 2 amide bonds. The topological polar surface area (TPSA) is 76.7 Å². The Balaban J connectivity index is 1.75. The number of hydrogen-bond acceptors (Lipinski definition) is 4. The van der Waals surface area contributed by atoms with E-state index in [2.05, 4.69) is 10.6 Å². The third kappa shape index (κ3) is 6.46. The average Bonchev–Trinajstić information content (AvgIpc) is 2.56. The monoisotopic (exact) mass is 396 g/mol. The van der Waals surface area contributed by atoms with Crippen LogP contribution in [0.2, 0.25) is 10.0 Å². The van der Waals surface area contributed by atoms with Crippen molar-refractivity contribution in [2.75, 3.05) is 11.9 Å². The van der Waals surface area contributed by atoms with Crippen molar-refractivity contribution in [1.29, 1.82) is 0 Å². The van der Waals surface area contributed by atoms with E-state index in [4.69, 9.17) is 32.7 Å². The molecule has 0 saturated heterocycles. The van der Waals surface area contributed by atoms with E-state index in [1.165, 1.54) is 6.07 Å². The van der Waals surface area contributed by atoms with Gasteiger partial charge in [0, 0.05) is 5.69 Å². The molecule has 0 aliphatic rings. The summed E-state index contributed by atoms with van der Waals surface area (Å²) in [6.07, 6.45) is -1.87. The lowest BCUT2D eigenvalue weighted by Gasteiger charge is -2.15. The number of amides is 2. The lowest BCUT2D eigenvalue weighted by Crippen LogP contribution is -2.35. The summed E-state index contributed by atoms with van der Waals surface area (Å²) in [7, 11) is 0. The van der Waals surface area contributed by atoms with Gasteiger partial charge >= 0.3 is 12.2 Å². The van der Waals surface area contributed by atoms with Gasteiger partial charge in [-0.25, -0.2) is 9.59 Å². The van der Waals surface area contributed by atoms with Crippen molar-refractivity contribution in [3.63, 3.8) is 0 Å². The minimum atomic E-state index is -0.676. The van der Waals surface area contributed by atoms with Gasteiger partial charge in [0.1, 0.15) is 11.9 Å². The van der Waals surface area contributed by atoms with Crippen LogP contribution in [-0.2, 0) is 4.74 Å². The summed E-state index contributed by atoms with van der Waals surface area (Å²) < 4.78 is 10.3. The first-order valence-corrected chi connectivity index (χ1v) is 8.54. The van der Waals surface area contributed by atoms with Crippen LogP contribution in [0.15, 0.2) is 42.5 Å². The number of anilines is 1. The van der Waals surface area contributed by atoms with Gasteiger partial charge < -0.3 is 14.8 Å². The maximum atomic E-state index is 11.8. The number of benzene rings is 2. The Morgan fingerprint density at radius 3 is 2.54 bits per heavy atom. The highest BCUT2D eigenvalue weighted by atomic mass is 35.5. The summed E-state index contributed by atoms with van der Waals surface area (Å²) in [4.78, 5) is 23.6. The molecule has 0 saturated carbocycles. The van der Waals surface area contributed by atoms with Gasteiger partial charge in [0.15, 0.2) is 0 Å². The zero-order valence-corrected chi connectivity index (χ0v) is 15.7. The van der Waals surface area contributed by atoms with E-state index in [0.29, 0.717) is 21.5 Å². The molecule has 0 bridgehead atoms. The van der Waals surface area contributed by atoms with Crippen molar-refractivity contribution in [2.45, 2.75) is 20.0 Å². The molecule has 0 spiro atoms. The second-order valence-corrected chi connectivity index (χ2v) is 6.37. The Kier molecular flexibility index (Phi) is 7.12. The summed E-state index contributed by atoms with van der Waals surface area (Å²) in [5, 5.41) is 5.76.